The third-order valence-electron chi connectivity index (χ3n) is 4.99. The van der Waals surface area contributed by atoms with Gasteiger partial charge >= 0.3 is 0 Å². The first-order valence-electron chi connectivity index (χ1n) is 8.35. The number of hydrogen-bond acceptors (Lipinski definition) is 2. The number of nitrogens with one attached hydrogen (secondary N) is 1. The molecule has 1 aromatic carbocycles. The SMILES string of the molecule is CCNC(c1cncc2ccccc12)C1CCC(C)CC1. The molecule has 1 aliphatic rings. The highest BCUT2D eigenvalue weighted by Gasteiger charge is 2.27. The first-order chi connectivity index (χ1) is 10.3. The van der Waals surface area contributed by atoms with Crippen LogP contribution in [0.3, 0.4) is 0 Å². The van der Waals surface area contributed by atoms with E-state index in [1.807, 2.05) is 6.20 Å². The van der Waals surface area contributed by atoms with Crippen LogP contribution in [0.5, 0.6) is 0 Å². The zero-order chi connectivity index (χ0) is 14.7. The summed E-state index contributed by atoms with van der Waals surface area (Å²) in [6.45, 7) is 5.61. The summed E-state index contributed by atoms with van der Waals surface area (Å²) in [6, 6.07) is 9.08. The van der Waals surface area contributed by atoms with Gasteiger partial charge in [0.25, 0.3) is 0 Å². The van der Waals surface area contributed by atoms with E-state index in [9.17, 15) is 0 Å². The van der Waals surface area contributed by atoms with Gasteiger partial charge < -0.3 is 5.32 Å². The van der Waals surface area contributed by atoms with Crippen molar-refractivity contribution in [2.24, 2.45) is 11.8 Å². The Kier molecular flexibility index (Phi) is 4.54. The maximum absolute atomic E-state index is 4.49. The smallest absolute Gasteiger partial charge is 0.0370 e. The zero-order valence-electron chi connectivity index (χ0n) is 13.2. The van der Waals surface area contributed by atoms with Gasteiger partial charge in [-0.25, -0.2) is 0 Å². The normalized spacial score (nSPS) is 24.1. The molecule has 112 valence electrons. The fourth-order valence-corrected chi connectivity index (χ4v) is 3.76. The number of aromatic nitrogens is 1. The Bertz CT molecular complexity index is 580. The molecule has 1 atom stereocenters. The topological polar surface area (TPSA) is 24.9 Å². The Labute approximate surface area is 128 Å². The van der Waals surface area contributed by atoms with Gasteiger partial charge in [-0.15, -0.1) is 0 Å². The number of nitrogens with zero attached hydrogens (tertiary/aromatic N) is 1. The molecule has 1 fully saturated rings. The zero-order valence-corrected chi connectivity index (χ0v) is 13.2. The van der Waals surface area contributed by atoms with Crippen LogP contribution in [0.15, 0.2) is 36.7 Å². The molecule has 1 aliphatic carbocycles. The monoisotopic (exact) mass is 282 g/mol. The van der Waals surface area contributed by atoms with Gasteiger partial charge in [0.2, 0.25) is 0 Å². The molecular formula is C19H26N2. The Hall–Kier alpha value is -1.41. The molecule has 2 aromatic rings. The number of fused-ring (bicyclic) bond motifs is 1. The van der Waals surface area contributed by atoms with E-state index in [1.54, 1.807) is 0 Å². The van der Waals surface area contributed by atoms with Gasteiger partial charge in [-0.2, -0.15) is 0 Å². The van der Waals surface area contributed by atoms with Crippen molar-refractivity contribution in [3.05, 3.63) is 42.2 Å². The van der Waals surface area contributed by atoms with Crippen LogP contribution in [-0.2, 0) is 0 Å². The highest BCUT2D eigenvalue weighted by molar-refractivity contribution is 5.85. The maximum Gasteiger partial charge on any atom is 0.0370 e. The van der Waals surface area contributed by atoms with E-state index < -0.39 is 0 Å². The molecule has 21 heavy (non-hydrogen) atoms. The van der Waals surface area contributed by atoms with Gasteiger partial charge in [0.1, 0.15) is 0 Å². The van der Waals surface area contributed by atoms with Gasteiger partial charge in [-0.05, 0) is 42.2 Å². The van der Waals surface area contributed by atoms with Crippen LogP contribution in [0.25, 0.3) is 10.8 Å². The Morgan fingerprint density at radius 2 is 1.90 bits per heavy atom. The molecule has 0 amide bonds. The third-order valence-corrected chi connectivity index (χ3v) is 4.99. The lowest BCUT2D eigenvalue weighted by atomic mass is 9.77. The van der Waals surface area contributed by atoms with Gasteiger partial charge in [0.05, 0.1) is 0 Å². The van der Waals surface area contributed by atoms with E-state index in [4.69, 9.17) is 0 Å². The summed E-state index contributed by atoms with van der Waals surface area (Å²) in [5.74, 6) is 1.64. The van der Waals surface area contributed by atoms with Crippen molar-refractivity contribution in [3.63, 3.8) is 0 Å². The fraction of sp³-hybridized carbons (Fsp3) is 0.526. The molecule has 1 heterocycles. The Balaban J connectivity index is 1.95. The first-order valence-corrected chi connectivity index (χ1v) is 8.35. The molecule has 2 heteroatoms. The maximum atomic E-state index is 4.49. The lowest BCUT2D eigenvalue weighted by molar-refractivity contribution is 0.234. The van der Waals surface area contributed by atoms with Crippen molar-refractivity contribution in [2.75, 3.05) is 6.54 Å². The highest BCUT2D eigenvalue weighted by atomic mass is 14.9. The second-order valence-electron chi connectivity index (χ2n) is 6.51. The van der Waals surface area contributed by atoms with E-state index in [0.717, 1.165) is 18.4 Å². The van der Waals surface area contributed by atoms with E-state index >= 15 is 0 Å². The molecule has 2 nitrogen and oxygen atoms in total. The quantitative estimate of drug-likeness (QED) is 0.878. The summed E-state index contributed by atoms with van der Waals surface area (Å²) in [4.78, 5) is 4.49. The van der Waals surface area contributed by atoms with Crippen LogP contribution in [0.4, 0.5) is 0 Å². The second-order valence-corrected chi connectivity index (χ2v) is 6.51. The molecule has 0 spiro atoms. The molecule has 3 rings (SSSR count). The standard InChI is InChI=1S/C19H26N2/c1-3-21-19(15-10-8-14(2)9-11-15)18-13-20-12-16-6-4-5-7-17(16)18/h4-7,12-15,19,21H,3,8-11H2,1-2H3. The highest BCUT2D eigenvalue weighted by Crippen LogP contribution is 2.38. The molecule has 0 aliphatic heterocycles. The van der Waals surface area contributed by atoms with E-state index in [0.29, 0.717) is 6.04 Å². The summed E-state index contributed by atoms with van der Waals surface area (Å²) in [5.41, 5.74) is 1.38. The Morgan fingerprint density at radius 3 is 2.67 bits per heavy atom. The minimum atomic E-state index is 0.445. The van der Waals surface area contributed by atoms with Gasteiger partial charge in [-0.3, -0.25) is 4.98 Å². The average molecular weight is 282 g/mol. The minimum absolute atomic E-state index is 0.445. The minimum Gasteiger partial charge on any atom is -0.310 e. The van der Waals surface area contributed by atoms with Gasteiger partial charge in [-0.1, -0.05) is 51.0 Å². The van der Waals surface area contributed by atoms with Crippen molar-refractivity contribution in [3.8, 4) is 0 Å². The molecular weight excluding hydrogens is 256 g/mol. The van der Waals surface area contributed by atoms with Crippen molar-refractivity contribution >= 4 is 10.8 Å². The fourth-order valence-electron chi connectivity index (χ4n) is 3.76. The van der Waals surface area contributed by atoms with Crippen molar-refractivity contribution in [2.45, 2.75) is 45.6 Å². The predicted molar refractivity (Wildman–Crippen MR) is 89.3 cm³/mol. The molecule has 1 unspecified atom stereocenters. The third kappa shape index (κ3) is 3.11. The summed E-state index contributed by atoms with van der Waals surface area (Å²) < 4.78 is 0. The van der Waals surface area contributed by atoms with Crippen molar-refractivity contribution in [1.29, 1.82) is 0 Å². The number of pyridine rings is 1. The van der Waals surface area contributed by atoms with Crippen LogP contribution >= 0.6 is 0 Å². The van der Waals surface area contributed by atoms with Crippen LogP contribution in [-0.4, -0.2) is 11.5 Å². The number of hydrogen-bond donors (Lipinski definition) is 1. The lowest BCUT2D eigenvalue weighted by Gasteiger charge is -2.34. The van der Waals surface area contributed by atoms with E-state index in [-0.39, 0.29) is 0 Å². The molecule has 0 radical (unpaired) electrons. The number of benzene rings is 1. The molecule has 0 saturated heterocycles. The largest absolute Gasteiger partial charge is 0.310 e. The Morgan fingerprint density at radius 1 is 1.14 bits per heavy atom. The van der Waals surface area contributed by atoms with Crippen molar-refractivity contribution in [1.82, 2.24) is 10.3 Å². The van der Waals surface area contributed by atoms with Gasteiger partial charge in [0.15, 0.2) is 0 Å². The van der Waals surface area contributed by atoms with E-state index in [1.165, 1.54) is 42.0 Å². The molecule has 0 bridgehead atoms. The summed E-state index contributed by atoms with van der Waals surface area (Å²) in [7, 11) is 0. The summed E-state index contributed by atoms with van der Waals surface area (Å²) in [6.07, 6.45) is 9.46. The van der Waals surface area contributed by atoms with Crippen LogP contribution in [0.2, 0.25) is 0 Å². The predicted octanol–water partition coefficient (Wildman–Crippen LogP) is 4.71. The molecule has 1 N–H and O–H groups in total. The second kappa shape index (κ2) is 6.57. The lowest BCUT2D eigenvalue weighted by Crippen LogP contribution is -2.31. The summed E-state index contributed by atoms with van der Waals surface area (Å²) in [5, 5.41) is 6.35. The van der Waals surface area contributed by atoms with Crippen molar-refractivity contribution < 1.29 is 0 Å². The summed E-state index contributed by atoms with van der Waals surface area (Å²) >= 11 is 0. The van der Waals surface area contributed by atoms with Gasteiger partial charge in [0, 0.05) is 23.8 Å². The first kappa shape index (κ1) is 14.5. The average Bonchev–Trinajstić information content (AvgIpc) is 2.53. The molecule has 1 aromatic heterocycles. The van der Waals surface area contributed by atoms with Crippen LogP contribution < -0.4 is 5.32 Å². The number of rotatable bonds is 4. The van der Waals surface area contributed by atoms with E-state index in [2.05, 4.69) is 54.6 Å². The molecule has 1 saturated carbocycles. The van der Waals surface area contributed by atoms with Crippen LogP contribution in [0.1, 0.15) is 51.1 Å². The van der Waals surface area contributed by atoms with Crippen LogP contribution in [0, 0.1) is 11.8 Å².